The molecule has 1 N–H and O–H groups in total. The monoisotopic (exact) mass is 306 g/mol. The molecule has 1 heterocycles. The first kappa shape index (κ1) is 14.7. The van der Waals surface area contributed by atoms with Crippen LogP contribution in [0.2, 0.25) is 0 Å². The molecule has 0 amide bonds. The summed E-state index contributed by atoms with van der Waals surface area (Å²) in [5, 5.41) is 9.22. The zero-order chi connectivity index (χ0) is 16.2. The van der Waals surface area contributed by atoms with Gasteiger partial charge in [-0.05, 0) is 19.1 Å². The Bertz CT molecular complexity index is 848. The van der Waals surface area contributed by atoms with Crippen molar-refractivity contribution in [3.63, 3.8) is 0 Å². The van der Waals surface area contributed by atoms with Crippen LogP contribution in [0.4, 0.5) is 0 Å². The predicted octanol–water partition coefficient (Wildman–Crippen LogP) is 3.94. The molecule has 0 spiro atoms. The molecular formula is C18H14N2O3. The van der Waals surface area contributed by atoms with E-state index < -0.39 is 5.97 Å². The molecule has 1 aromatic heterocycles. The number of hydrogen-bond acceptors (Lipinski definition) is 4. The Balaban J connectivity index is 1.99. The zero-order valence-electron chi connectivity index (χ0n) is 12.4. The van der Waals surface area contributed by atoms with E-state index in [1.165, 1.54) is 6.07 Å². The molecule has 5 nitrogen and oxygen atoms in total. The topological polar surface area (TPSA) is 72.3 Å². The molecule has 0 aliphatic rings. The van der Waals surface area contributed by atoms with Gasteiger partial charge in [0, 0.05) is 11.6 Å². The third-order valence-corrected chi connectivity index (χ3v) is 3.22. The summed E-state index contributed by atoms with van der Waals surface area (Å²) in [4.78, 5) is 19.9. The number of aromatic nitrogens is 2. The number of aromatic carboxylic acids is 1. The van der Waals surface area contributed by atoms with E-state index in [0.29, 0.717) is 11.7 Å². The van der Waals surface area contributed by atoms with Gasteiger partial charge < -0.3 is 9.84 Å². The number of para-hydroxylation sites is 1. The van der Waals surface area contributed by atoms with Gasteiger partial charge in [0.2, 0.25) is 5.88 Å². The minimum atomic E-state index is -1.05. The van der Waals surface area contributed by atoms with E-state index in [0.717, 1.165) is 11.3 Å². The molecule has 0 saturated heterocycles. The first-order valence-corrected chi connectivity index (χ1v) is 7.05. The lowest BCUT2D eigenvalue weighted by Gasteiger charge is -2.09. The molecule has 3 rings (SSSR count). The second-order valence-electron chi connectivity index (χ2n) is 4.91. The number of benzene rings is 2. The van der Waals surface area contributed by atoms with Gasteiger partial charge in [-0.3, -0.25) is 0 Å². The summed E-state index contributed by atoms with van der Waals surface area (Å²) in [5.74, 6) is 0.0611. The van der Waals surface area contributed by atoms with E-state index in [2.05, 4.69) is 9.97 Å². The van der Waals surface area contributed by atoms with E-state index >= 15 is 0 Å². The Morgan fingerprint density at radius 3 is 2.43 bits per heavy atom. The Hall–Kier alpha value is -3.21. The van der Waals surface area contributed by atoms with Crippen LogP contribution in [0.3, 0.4) is 0 Å². The van der Waals surface area contributed by atoms with E-state index in [1.54, 1.807) is 31.2 Å². The fourth-order valence-electron chi connectivity index (χ4n) is 2.19. The van der Waals surface area contributed by atoms with Crippen LogP contribution in [0, 0.1) is 6.92 Å². The molecule has 0 unspecified atom stereocenters. The number of carbonyl (C=O) groups is 1. The SMILES string of the molecule is Cc1nc(Oc2ccccc2C(=O)O)cc(-c2ccccc2)n1. The second kappa shape index (κ2) is 6.27. The third kappa shape index (κ3) is 3.35. The van der Waals surface area contributed by atoms with Crippen LogP contribution in [0.1, 0.15) is 16.2 Å². The summed E-state index contributed by atoms with van der Waals surface area (Å²) in [7, 11) is 0. The normalized spacial score (nSPS) is 10.3. The van der Waals surface area contributed by atoms with Gasteiger partial charge in [0.05, 0.1) is 5.69 Å². The van der Waals surface area contributed by atoms with Gasteiger partial charge in [0.1, 0.15) is 17.1 Å². The zero-order valence-corrected chi connectivity index (χ0v) is 12.4. The number of rotatable bonds is 4. The highest BCUT2D eigenvalue weighted by atomic mass is 16.5. The third-order valence-electron chi connectivity index (χ3n) is 3.22. The summed E-state index contributed by atoms with van der Waals surface area (Å²) < 4.78 is 5.68. The van der Waals surface area contributed by atoms with Crippen molar-refractivity contribution in [1.29, 1.82) is 0 Å². The van der Waals surface area contributed by atoms with Gasteiger partial charge in [0.15, 0.2) is 0 Å². The Labute approximate surface area is 133 Å². The summed E-state index contributed by atoms with van der Waals surface area (Å²) in [6.07, 6.45) is 0. The van der Waals surface area contributed by atoms with E-state index in [1.807, 2.05) is 30.3 Å². The number of ether oxygens (including phenoxy) is 1. The van der Waals surface area contributed by atoms with Crippen molar-refractivity contribution in [2.75, 3.05) is 0 Å². The highest BCUT2D eigenvalue weighted by molar-refractivity contribution is 5.90. The van der Waals surface area contributed by atoms with Crippen molar-refractivity contribution >= 4 is 5.97 Å². The van der Waals surface area contributed by atoms with Crippen molar-refractivity contribution in [2.45, 2.75) is 6.92 Å². The summed E-state index contributed by atoms with van der Waals surface area (Å²) in [6, 6.07) is 17.8. The lowest BCUT2D eigenvalue weighted by Crippen LogP contribution is -2.01. The molecule has 0 atom stereocenters. The van der Waals surface area contributed by atoms with Crippen LogP contribution in [-0.4, -0.2) is 21.0 Å². The van der Waals surface area contributed by atoms with Gasteiger partial charge in [0.25, 0.3) is 0 Å². The second-order valence-corrected chi connectivity index (χ2v) is 4.91. The van der Waals surface area contributed by atoms with Crippen LogP contribution >= 0.6 is 0 Å². The fraction of sp³-hybridized carbons (Fsp3) is 0.0556. The summed E-state index contributed by atoms with van der Waals surface area (Å²) in [5.41, 5.74) is 1.75. The Morgan fingerprint density at radius 1 is 1.00 bits per heavy atom. The lowest BCUT2D eigenvalue weighted by molar-refractivity contribution is 0.0694. The number of carboxylic acids is 1. The van der Waals surface area contributed by atoms with Gasteiger partial charge in [-0.15, -0.1) is 0 Å². The van der Waals surface area contributed by atoms with Gasteiger partial charge in [-0.2, -0.15) is 4.98 Å². The van der Waals surface area contributed by atoms with E-state index in [9.17, 15) is 9.90 Å². The van der Waals surface area contributed by atoms with E-state index in [4.69, 9.17) is 4.74 Å². The molecule has 0 radical (unpaired) electrons. The van der Waals surface area contributed by atoms with Crippen LogP contribution in [0.15, 0.2) is 60.7 Å². The highest BCUT2D eigenvalue weighted by Gasteiger charge is 2.13. The first-order chi connectivity index (χ1) is 11.1. The molecule has 0 aliphatic carbocycles. The van der Waals surface area contributed by atoms with Gasteiger partial charge in [-0.1, -0.05) is 42.5 Å². The minimum absolute atomic E-state index is 0.0880. The molecule has 23 heavy (non-hydrogen) atoms. The van der Waals surface area contributed by atoms with Crippen LogP contribution < -0.4 is 4.74 Å². The highest BCUT2D eigenvalue weighted by Crippen LogP contribution is 2.27. The molecule has 0 bridgehead atoms. The van der Waals surface area contributed by atoms with Crippen LogP contribution in [0.25, 0.3) is 11.3 Å². The van der Waals surface area contributed by atoms with Crippen molar-refractivity contribution in [2.24, 2.45) is 0 Å². The van der Waals surface area contributed by atoms with Crippen molar-refractivity contribution < 1.29 is 14.6 Å². The number of aryl methyl sites for hydroxylation is 1. The minimum Gasteiger partial charge on any atom is -0.478 e. The molecule has 2 aromatic carbocycles. The summed E-state index contributed by atoms with van der Waals surface area (Å²) in [6.45, 7) is 1.77. The maximum Gasteiger partial charge on any atom is 0.339 e. The first-order valence-electron chi connectivity index (χ1n) is 7.05. The number of carboxylic acid groups (broad SMARTS) is 1. The lowest BCUT2D eigenvalue weighted by atomic mass is 10.1. The molecule has 114 valence electrons. The quantitative estimate of drug-likeness (QED) is 0.790. The molecule has 0 fully saturated rings. The van der Waals surface area contributed by atoms with E-state index in [-0.39, 0.29) is 11.3 Å². The van der Waals surface area contributed by atoms with Crippen LogP contribution in [0.5, 0.6) is 11.6 Å². The van der Waals surface area contributed by atoms with Gasteiger partial charge >= 0.3 is 5.97 Å². The average Bonchev–Trinajstić information content (AvgIpc) is 2.55. The molecule has 5 heteroatoms. The smallest absolute Gasteiger partial charge is 0.339 e. The standard InChI is InChI=1S/C18H14N2O3/c1-12-19-15(13-7-3-2-4-8-13)11-17(20-12)23-16-10-6-5-9-14(16)18(21)22/h2-11H,1H3,(H,21,22). The van der Waals surface area contributed by atoms with Crippen molar-refractivity contribution in [3.05, 3.63) is 72.1 Å². The molecule has 0 saturated carbocycles. The van der Waals surface area contributed by atoms with Gasteiger partial charge in [-0.25, -0.2) is 9.78 Å². The van der Waals surface area contributed by atoms with Crippen molar-refractivity contribution in [3.8, 4) is 22.9 Å². The maximum absolute atomic E-state index is 11.3. The average molecular weight is 306 g/mol. The molecular weight excluding hydrogens is 292 g/mol. The molecule has 3 aromatic rings. The summed E-state index contributed by atoms with van der Waals surface area (Å²) >= 11 is 0. The number of hydrogen-bond donors (Lipinski definition) is 1. The number of nitrogens with zero attached hydrogens (tertiary/aromatic N) is 2. The predicted molar refractivity (Wildman–Crippen MR) is 85.7 cm³/mol. The Morgan fingerprint density at radius 2 is 1.70 bits per heavy atom. The Kier molecular flexibility index (Phi) is 4.01. The van der Waals surface area contributed by atoms with Crippen LogP contribution in [-0.2, 0) is 0 Å². The van der Waals surface area contributed by atoms with Crippen molar-refractivity contribution in [1.82, 2.24) is 9.97 Å². The largest absolute Gasteiger partial charge is 0.478 e. The fourth-order valence-corrected chi connectivity index (χ4v) is 2.19. The maximum atomic E-state index is 11.3. The molecule has 0 aliphatic heterocycles.